The third kappa shape index (κ3) is 4.10. The Hall–Kier alpha value is -0.420. The van der Waals surface area contributed by atoms with Crippen molar-refractivity contribution in [3.05, 3.63) is 34.3 Å². The number of rotatable bonds is 5. The molecule has 1 aromatic rings. The fourth-order valence-electron chi connectivity index (χ4n) is 3.78. The Morgan fingerprint density at radius 2 is 2.00 bits per heavy atom. The Kier molecular flexibility index (Phi) is 5.91. The molecule has 1 unspecified atom stereocenters. The molecule has 3 nitrogen and oxygen atoms in total. The molecule has 1 aromatic carbocycles. The maximum atomic E-state index is 9.78. The number of hydrogen-bond donors (Lipinski definition) is 1. The van der Waals surface area contributed by atoms with Crippen molar-refractivity contribution in [3.8, 4) is 0 Å². The standard InChI is InChI=1S/C18H26BrNO2/c19-16-6-2-1-5-14(16)10-12-22-18-8-4-3-7-17(18)20-11-9-15(21)13-20/h1-2,5-6,15,17-18,21H,3-4,7-13H2/t15?,17-,18-/m0/s1. The lowest BCUT2D eigenvalue weighted by Crippen LogP contribution is -2.46. The van der Waals surface area contributed by atoms with E-state index < -0.39 is 0 Å². The van der Waals surface area contributed by atoms with Crippen molar-refractivity contribution in [3.63, 3.8) is 0 Å². The maximum absolute atomic E-state index is 9.78. The summed E-state index contributed by atoms with van der Waals surface area (Å²) in [5, 5.41) is 9.78. The summed E-state index contributed by atoms with van der Waals surface area (Å²) in [6, 6.07) is 8.87. The monoisotopic (exact) mass is 367 g/mol. The van der Waals surface area contributed by atoms with Crippen LogP contribution in [0, 0.1) is 0 Å². The minimum Gasteiger partial charge on any atom is -0.392 e. The van der Waals surface area contributed by atoms with E-state index in [1.54, 1.807) is 0 Å². The first kappa shape index (κ1) is 16.4. The van der Waals surface area contributed by atoms with Crippen LogP contribution in [-0.2, 0) is 11.2 Å². The van der Waals surface area contributed by atoms with E-state index in [0.717, 1.165) is 39.0 Å². The van der Waals surface area contributed by atoms with Crippen LogP contribution >= 0.6 is 15.9 Å². The summed E-state index contributed by atoms with van der Waals surface area (Å²) < 4.78 is 7.43. The molecule has 1 aliphatic heterocycles. The molecule has 1 heterocycles. The van der Waals surface area contributed by atoms with Crippen LogP contribution in [0.1, 0.15) is 37.7 Å². The van der Waals surface area contributed by atoms with Crippen molar-refractivity contribution in [2.75, 3.05) is 19.7 Å². The van der Waals surface area contributed by atoms with Gasteiger partial charge in [0.2, 0.25) is 0 Å². The third-order valence-corrected chi connectivity index (χ3v) is 5.77. The number of hydrogen-bond acceptors (Lipinski definition) is 3. The molecule has 2 fully saturated rings. The van der Waals surface area contributed by atoms with Crippen molar-refractivity contribution >= 4 is 15.9 Å². The second kappa shape index (κ2) is 7.91. The molecule has 122 valence electrons. The zero-order chi connectivity index (χ0) is 15.4. The highest BCUT2D eigenvalue weighted by molar-refractivity contribution is 9.10. The Bertz CT molecular complexity index is 482. The highest BCUT2D eigenvalue weighted by atomic mass is 79.9. The lowest BCUT2D eigenvalue weighted by molar-refractivity contribution is -0.0316. The summed E-state index contributed by atoms with van der Waals surface area (Å²) >= 11 is 3.60. The van der Waals surface area contributed by atoms with Gasteiger partial charge < -0.3 is 9.84 Å². The smallest absolute Gasteiger partial charge is 0.0730 e. The van der Waals surface area contributed by atoms with E-state index in [4.69, 9.17) is 4.74 Å². The minimum absolute atomic E-state index is 0.136. The zero-order valence-corrected chi connectivity index (χ0v) is 14.7. The Morgan fingerprint density at radius 3 is 2.77 bits per heavy atom. The average molecular weight is 368 g/mol. The molecule has 1 N–H and O–H groups in total. The van der Waals surface area contributed by atoms with Crippen LogP contribution in [0.4, 0.5) is 0 Å². The number of aliphatic hydroxyl groups is 1. The van der Waals surface area contributed by atoms with Gasteiger partial charge in [0, 0.05) is 23.6 Å². The van der Waals surface area contributed by atoms with E-state index >= 15 is 0 Å². The number of aliphatic hydroxyl groups excluding tert-OH is 1. The van der Waals surface area contributed by atoms with E-state index in [1.807, 2.05) is 6.07 Å². The third-order valence-electron chi connectivity index (χ3n) is 4.99. The molecule has 0 radical (unpaired) electrons. The molecule has 22 heavy (non-hydrogen) atoms. The molecule has 0 spiro atoms. The summed E-state index contributed by atoms with van der Waals surface area (Å²) in [5.41, 5.74) is 1.31. The van der Waals surface area contributed by atoms with E-state index in [0.29, 0.717) is 12.1 Å². The van der Waals surface area contributed by atoms with Crippen molar-refractivity contribution in [1.29, 1.82) is 0 Å². The molecule has 0 amide bonds. The van der Waals surface area contributed by atoms with Gasteiger partial charge in [-0.25, -0.2) is 0 Å². The predicted octanol–water partition coefficient (Wildman–Crippen LogP) is 3.39. The molecule has 0 bridgehead atoms. The SMILES string of the molecule is OC1CCN([C@H]2CCCC[C@@H]2OCCc2ccccc2Br)C1. The molecule has 2 aliphatic rings. The first-order chi connectivity index (χ1) is 10.7. The average Bonchev–Trinajstić information content (AvgIpc) is 2.96. The molecule has 1 aliphatic carbocycles. The fraction of sp³-hybridized carbons (Fsp3) is 0.667. The molecule has 4 heteroatoms. The van der Waals surface area contributed by atoms with Gasteiger partial charge in [-0.2, -0.15) is 0 Å². The van der Waals surface area contributed by atoms with Gasteiger partial charge in [0.15, 0.2) is 0 Å². The highest BCUT2D eigenvalue weighted by Crippen LogP contribution is 2.28. The molecule has 1 saturated carbocycles. The van der Waals surface area contributed by atoms with Gasteiger partial charge in [0.1, 0.15) is 0 Å². The summed E-state index contributed by atoms with van der Waals surface area (Å²) in [6.07, 6.45) is 7.01. The molecular weight excluding hydrogens is 342 g/mol. The van der Waals surface area contributed by atoms with E-state index in [2.05, 4.69) is 39.0 Å². The van der Waals surface area contributed by atoms with Crippen molar-refractivity contribution in [1.82, 2.24) is 4.90 Å². The number of β-amino-alcohol motifs (C(OH)–C–C–N with tert-alkyl or cyclic N) is 1. The number of halogens is 1. The van der Waals surface area contributed by atoms with Crippen LogP contribution in [0.25, 0.3) is 0 Å². The molecule has 3 atom stereocenters. The van der Waals surface area contributed by atoms with Crippen LogP contribution in [0.2, 0.25) is 0 Å². The van der Waals surface area contributed by atoms with Crippen LogP contribution in [0.3, 0.4) is 0 Å². The normalized spacial score (nSPS) is 29.8. The summed E-state index contributed by atoms with van der Waals surface area (Å²) in [6.45, 7) is 2.63. The topological polar surface area (TPSA) is 32.7 Å². The number of ether oxygens (including phenoxy) is 1. The van der Waals surface area contributed by atoms with Crippen molar-refractivity contribution < 1.29 is 9.84 Å². The minimum atomic E-state index is -0.136. The lowest BCUT2D eigenvalue weighted by atomic mass is 9.91. The Morgan fingerprint density at radius 1 is 1.18 bits per heavy atom. The molecule has 1 saturated heterocycles. The van der Waals surface area contributed by atoms with Gasteiger partial charge in [-0.15, -0.1) is 0 Å². The zero-order valence-electron chi connectivity index (χ0n) is 13.1. The summed E-state index contributed by atoms with van der Waals surface area (Å²) in [7, 11) is 0. The second-order valence-electron chi connectivity index (χ2n) is 6.54. The lowest BCUT2D eigenvalue weighted by Gasteiger charge is -2.37. The predicted molar refractivity (Wildman–Crippen MR) is 92.0 cm³/mol. The molecule has 0 aromatic heterocycles. The van der Waals surface area contributed by atoms with Crippen LogP contribution in [0.5, 0.6) is 0 Å². The Balaban J connectivity index is 1.52. The number of nitrogens with zero attached hydrogens (tertiary/aromatic N) is 1. The number of benzene rings is 1. The van der Waals surface area contributed by atoms with Crippen LogP contribution in [-0.4, -0.2) is 48.0 Å². The summed E-state index contributed by atoms with van der Waals surface area (Å²) in [4.78, 5) is 2.45. The highest BCUT2D eigenvalue weighted by Gasteiger charge is 2.34. The fourth-order valence-corrected chi connectivity index (χ4v) is 4.26. The van der Waals surface area contributed by atoms with Gasteiger partial charge >= 0.3 is 0 Å². The molecular formula is C18H26BrNO2. The quantitative estimate of drug-likeness (QED) is 0.865. The maximum Gasteiger partial charge on any atom is 0.0730 e. The van der Waals surface area contributed by atoms with Gasteiger partial charge in [-0.3, -0.25) is 4.90 Å². The van der Waals surface area contributed by atoms with Gasteiger partial charge in [0.05, 0.1) is 18.8 Å². The number of likely N-dealkylation sites (tertiary alicyclic amines) is 1. The first-order valence-corrected chi connectivity index (χ1v) is 9.30. The first-order valence-electron chi connectivity index (χ1n) is 8.51. The summed E-state index contributed by atoms with van der Waals surface area (Å²) in [5.74, 6) is 0. The van der Waals surface area contributed by atoms with Gasteiger partial charge in [-0.1, -0.05) is 47.0 Å². The molecule has 3 rings (SSSR count). The van der Waals surface area contributed by atoms with Crippen LogP contribution < -0.4 is 0 Å². The van der Waals surface area contributed by atoms with E-state index in [1.165, 1.54) is 29.3 Å². The van der Waals surface area contributed by atoms with Crippen LogP contribution in [0.15, 0.2) is 28.7 Å². The van der Waals surface area contributed by atoms with E-state index in [-0.39, 0.29) is 6.10 Å². The largest absolute Gasteiger partial charge is 0.392 e. The second-order valence-corrected chi connectivity index (χ2v) is 7.39. The van der Waals surface area contributed by atoms with Crippen molar-refractivity contribution in [2.24, 2.45) is 0 Å². The Labute approximate surface area is 141 Å². The van der Waals surface area contributed by atoms with Gasteiger partial charge in [-0.05, 0) is 37.3 Å². The van der Waals surface area contributed by atoms with Gasteiger partial charge in [0.25, 0.3) is 0 Å². The van der Waals surface area contributed by atoms with Crippen molar-refractivity contribution in [2.45, 2.75) is 56.8 Å². The van der Waals surface area contributed by atoms with E-state index in [9.17, 15) is 5.11 Å².